The molecule has 2 heteroatoms. The number of aliphatic hydroxyl groups excluding tert-OH is 1. The normalized spacial score (nSPS) is 13.1. The molecule has 0 saturated heterocycles. The van der Waals surface area contributed by atoms with Crippen molar-refractivity contribution < 1.29 is 5.11 Å². The fourth-order valence-electron chi connectivity index (χ4n) is 1.53. The Hall–Kier alpha value is -1.41. The van der Waals surface area contributed by atoms with Crippen LogP contribution in [0.2, 0.25) is 0 Å². The highest BCUT2D eigenvalue weighted by molar-refractivity contribution is 5.82. The zero-order valence-electron chi connectivity index (χ0n) is 8.36. The maximum Gasteiger partial charge on any atom is 0.0762 e. The van der Waals surface area contributed by atoms with E-state index in [9.17, 15) is 5.11 Å². The molecular formula is C12H13NO. The topological polar surface area (TPSA) is 33.1 Å². The lowest BCUT2D eigenvalue weighted by molar-refractivity contribution is 0.199. The van der Waals surface area contributed by atoms with E-state index in [1.54, 1.807) is 6.92 Å². The molecule has 1 unspecified atom stereocenters. The number of benzene rings is 1. The van der Waals surface area contributed by atoms with E-state index >= 15 is 0 Å². The van der Waals surface area contributed by atoms with Crippen LogP contribution in [0.25, 0.3) is 10.8 Å². The molecule has 14 heavy (non-hydrogen) atoms. The Bertz CT molecular complexity index is 463. The molecule has 1 atom stereocenters. The van der Waals surface area contributed by atoms with Gasteiger partial charge in [-0.25, -0.2) is 0 Å². The number of hydrogen-bond acceptors (Lipinski definition) is 2. The molecule has 0 radical (unpaired) electrons. The van der Waals surface area contributed by atoms with Crippen molar-refractivity contribution in [1.29, 1.82) is 0 Å². The van der Waals surface area contributed by atoms with Crippen molar-refractivity contribution in [3.05, 3.63) is 41.7 Å². The van der Waals surface area contributed by atoms with Gasteiger partial charge in [-0.05, 0) is 36.9 Å². The molecule has 1 heterocycles. The van der Waals surface area contributed by atoms with E-state index in [1.165, 1.54) is 0 Å². The second kappa shape index (κ2) is 3.39. The van der Waals surface area contributed by atoms with Crippen LogP contribution in [0.15, 0.2) is 30.5 Å². The molecule has 0 saturated carbocycles. The monoisotopic (exact) mass is 187 g/mol. The van der Waals surface area contributed by atoms with Crippen LogP contribution in [0.4, 0.5) is 0 Å². The number of aryl methyl sites for hydroxylation is 1. The summed E-state index contributed by atoms with van der Waals surface area (Å²) in [5.41, 5.74) is 1.95. The lowest BCUT2D eigenvalue weighted by Gasteiger charge is -2.06. The van der Waals surface area contributed by atoms with Gasteiger partial charge < -0.3 is 5.11 Å². The Morgan fingerprint density at radius 1 is 1.21 bits per heavy atom. The molecular weight excluding hydrogens is 174 g/mol. The summed E-state index contributed by atoms with van der Waals surface area (Å²) >= 11 is 0. The minimum Gasteiger partial charge on any atom is -0.389 e. The predicted octanol–water partition coefficient (Wildman–Crippen LogP) is 2.60. The van der Waals surface area contributed by atoms with Crippen LogP contribution in [0.5, 0.6) is 0 Å². The van der Waals surface area contributed by atoms with Crippen LogP contribution >= 0.6 is 0 Å². The van der Waals surface area contributed by atoms with Gasteiger partial charge in [0.05, 0.1) is 6.10 Å². The third-order valence-corrected chi connectivity index (χ3v) is 2.36. The van der Waals surface area contributed by atoms with E-state index in [1.807, 2.05) is 37.4 Å². The minimum absolute atomic E-state index is 0.409. The summed E-state index contributed by atoms with van der Waals surface area (Å²) in [6, 6.07) is 7.96. The van der Waals surface area contributed by atoms with Crippen molar-refractivity contribution >= 4 is 10.8 Å². The maximum atomic E-state index is 9.44. The third kappa shape index (κ3) is 1.61. The average Bonchev–Trinajstić information content (AvgIpc) is 2.16. The second-order valence-electron chi connectivity index (χ2n) is 3.61. The zero-order valence-corrected chi connectivity index (χ0v) is 8.36. The first-order chi connectivity index (χ1) is 6.66. The van der Waals surface area contributed by atoms with Crippen LogP contribution in [0.3, 0.4) is 0 Å². The van der Waals surface area contributed by atoms with Crippen molar-refractivity contribution in [2.45, 2.75) is 20.0 Å². The highest BCUT2D eigenvalue weighted by Gasteiger charge is 2.01. The number of rotatable bonds is 1. The number of hydrogen-bond donors (Lipinski definition) is 1. The number of aromatic nitrogens is 1. The van der Waals surface area contributed by atoms with Crippen molar-refractivity contribution in [1.82, 2.24) is 4.98 Å². The molecule has 2 aromatic rings. The molecule has 0 amide bonds. The first kappa shape index (κ1) is 9.16. The third-order valence-electron chi connectivity index (χ3n) is 2.36. The Labute approximate surface area is 83.2 Å². The van der Waals surface area contributed by atoms with Crippen LogP contribution < -0.4 is 0 Å². The summed E-state index contributed by atoms with van der Waals surface area (Å²) in [5.74, 6) is 0. The molecule has 0 aliphatic carbocycles. The molecule has 2 nitrogen and oxygen atoms in total. The number of aliphatic hydroxyl groups is 1. The Kier molecular flexibility index (Phi) is 2.22. The van der Waals surface area contributed by atoms with Crippen molar-refractivity contribution in [3.63, 3.8) is 0 Å². The van der Waals surface area contributed by atoms with Crippen molar-refractivity contribution in [3.8, 4) is 0 Å². The standard InChI is InChI=1S/C12H13NO/c1-8-5-12-6-10(9(2)14)3-4-11(12)7-13-8/h3-7,9,14H,1-2H3. The Morgan fingerprint density at radius 3 is 2.71 bits per heavy atom. The largest absolute Gasteiger partial charge is 0.389 e. The van der Waals surface area contributed by atoms with Gasteiger partial charge in [-0.1, -0.05) is 12.1 Å². The number of fused-ring (bicyclic) bond motifs is 1. The van der Waals surface area contributed by atoms with Crippen molar-refractivity contribution in [2.24, 2.45) is 0 Å². The molecule has 1 aromatic heterocycles. The zero-order chi connectivity index (χ0) is 10.1. The summed E-state index contributed by atoms with van der Waals surface area (Å²) in [5, 5.41) is 11.7. The highest BCUT2D eigenvalue weighted by atomic mass is 16.3. The van der Waals surface area contributed by atoms with Crippen LogP contribution in [-0.4, -0.2) is 10.1 Å². The molecule has 0 bridgehead atoms. The first-order valence-corrected chi connectivity index (χ1v) is 4.71. The van der Waals surface area contributed by atoms with Crippen LogP contribution in [0.1, 0.15) is 24.3 Å². The Balaban J connectivity index is 2.63. The fourth-order valence-corrected chi connectivity index (χ4v) is 1.53. The fraction of sp³-hybridized carbons (Fsp3) is 0.250. The van der Waals surface area contributed by atoms with Gasteiger partial charge in [0, 0.05) is 17.3 Å². The van der Waals surface area contributed by atoms with Gasteiger partial charge in [0.25, 0.3) is 0 Å². The van der Waals surface area contributed by atoms with E-state index in [0.717, 1.165) is 22.0 Å². The van der Waals surface area contributed by atoms with Gasteiger partial charge >= 0.3 is 0 Å². The smallest absolute Gasteiger partial charge is 0.0762 e. The summed E-state index contributed by atoms with van der Waals surface area (Å²) < 4.78 is 0. The number of nitrogens with zero attached hydrogens (tertiary/aromatic N) is 1. The van der Waals surface area contributed by atoms with Gasteiger partial charge in [-0.3, -0.25) is 4.98 Å². The maximum absolute atomic E-state index is 9.44. The SMILES string of the molecule is Cc1cc2cc(C(C)O)ccc2cn1. The minimum atomic E-state index is -0.409. The van der Waals surface area contributed by atoms with E-state index < -0.39 is 6.10 Å². The van der Waals surface area contributed by atoms with Gasteiger partial charge in [0.15, 0.2) is 0 Å². The van der Waals surface area contributed by atoms with Crippen molar-refractivity contribution in [2.75, 3.05) is 0 Å². The van der Waals surface area contributed by atoms with E-state index in [2.05, 4.69) is 4.98 Å². The summed E-state index contributed by atoms with van der Waals surface area (Å²) in [6.45, 7) is 3.74. The van der Waals surface area contributed by atoms with Gasteiger partial charge in [0.1, 0.15) is 0 Å². The molecule has 72 valence electrons. The summed E-state index contributed by atoms with van der Waals surface area (Å²) in [7, 11) is 0. The van der Waals surface area contributed by atoms with E-state index in [-0.39, 0.29) is 0 Å². The molecule has 1 N–H and O–H groups in total. The molecule has 0 fully saturated rings. The average molecular weight is 187 g/mol. The van der Waals surface area contributed by atoms with Crippen LogP contribution in [-0.2, 0) is 0 Å². The molecule has 2 rings (SSSR count). The Morgan fingerprint density at radius 2 is 2.00 bits per heavy atom. The lowest BCUT2D eigenvalue weighted by atomic mass is 10.1. The van der Waals surface area contributed by atoms with Crippen LogP contribution in [0, 0.1) is 6.92 Å². The summed E-state index contributed by atoms with van der Waals surface area (Å²) in [4.78, 5) is 4.22. The quantitative estimate of drug-likeness (QED) is 0.744. The van der Waals surface area contributed by atoms with Gasteiger partial charge in [-0.2, -0.15) is 0 Å². The number of pyridine rings is 1. The molecule has 0 aliphatic rings. The molecule has 0 spiro atoms. The second-order valence-corrected chi connectivity index (χ2v) is 3.61. The van der Waals surface area contributed by atoms with Gasteiger partial charge in [-0.15, -0.1) is 0 Å². The molecule has 1 aromatic carbocycles. The summed E-state index contributed by atoms with van der Waals surface area (Å²) in [6.07, 6.45) is 1.45. The lowest BCUT2D eigenvalue weighted by Crippen LogP contribution is -1.90. The first-order valence-electron chi connectivity index (χ1n) is 4.71. The predicted molar refractivity (Wildman–Crippen MR) is 57.1 cm³/mol. The molecule has 0 aliphatic heterocycles. The van der Waals surface area contributed by atoms with Gasteiger partial charge in [0.2, 0.25) is 0 Å². The van der Waals surface area contributed by atoms with E-state index in [4.69, 9.17) is 0 Å². The van der Waals surface area contributed by atoms with E-state index in [0.29, 0.717) is 0 Å². The highest BCUT2D eigenvalue weighted by Crippen LogP contribution is 2.19.